The van der Waals surface area contributed by atoms with Gasteiger partial charge >= 0.3 is 0 Å². The second-order valence-corrected chi connectivity index (χ2v) is 6.11. The van der Waals surface area contributed by atoms with Gasteiger partial charge in [-0.1, -0.05) is 31.9 Å². The van der Waals surface area contributed by atoms with Crippen LogP contribution >= 0.6 is 11.6 Å². The Kier molecular flexibility index (Phi) is 4.91. The van der Waals surface area contributed by atoms with E-state index < -0.39 is 0 Å². The van der Waals surface area contributed by atoms with Gasteiger partial charge in [0.2, 0.25) is 0 Å². The van der Waals surface area contributed by atoms with Gasteiger partial charge < -0.3 is 5.32 Å². The normalized spacial score (nSPS) is 16.8. The fourth-order valence-corrected chi connectivity index (χ4v) is 3.19. The van der Waals surface area contributed by atoms with E-state index in [1.165, 1.54) is 25.7 Å². The molecule has 3 nitrogen and oxygen atoms in total. The highest BCUT2D eigenvalue weighted by Gasteiger charge is 2.40. The van der Waals surface area contributed by atoms with Crippen molar-refractivity contribution >= 4 is 11.6 Å². The van der Waals surface area contributed by atoms with Gasteiger partial charge in [-0.25, -0.2) is 0 Å². The lowest BCUT2D eigenvalue weighted by Crippen LogP contribution is -2.25. The molecule has 1 N–H and O–H groups in total. The minimum Gasteiger partial charge on any atom is -0.311 e. The van der Waals surface area contributed by atoms with E-state index in [4.69, 9.17) is 11.6 Å². The molecule has 0 bridgehead atoms. The first-order chi connectivity index (χ1) is 9.15. The lowest BCUT2D eigenvalue weighted by molar-refractivity contribution is 0.415. The number of aromatic nitrogens is 2. The van der Waals surface area contributed by atoms with Crippen LogP contribution in [0.2, 0.25) is 5.02 Å². The fraction of sp³-hybridized carbons (Fsp3) is 0.800. The number of hydrogen-bond donors (Lipinski definition) is 1. The number of rotatable bonds is 8. The smallest absolute Gasteiger partial charge is 0.0863 e. The molecule has 0 aliphatic heterocycles. The Morgan fingerprint density at radius 2 is 2.05 bits per heavy atom. The molecule has 1 fully saturated rings. The molecule has 108 valence electrons. The van der Waals surface area contributed by atoms with E-state index in [0.29, 0.717) is 5.41 Å². The van der Waals surface area contributed by atoms with Crippen molar-refractivity contribution in [2.24, 2.45) is 5.41 Å². The van der Waals surface area contributed by atoms with E-state index in [0.717, 1.165) is 42.5 Å². The summed E-state index contributed by atoms with van der Waals surface area (Å²) < 4.78 is 2.04. The van der Waals surface area contributed by atoms with Crippen molar-refractivity contribution in [1.29, 1.82) is 0 Å². The minimum absolute atomic E-state index is 0.589. The first-order valence-corrected chi connectivity index (χ1v) is 7.98. The third kappa shape index (κ3) is 3.32. The third-order valence-corrected chi connectivity index (χ3v) is 4.66. The molecule has 2 rings (SSSR count). The zero-order valence-electron chi connectivity index (χ0n) is 12.4. The van der Waals surface area contributed by atoms with Crippen LogP contribution in [0.4, 0.5) is 0 Å². The maximum Gasteiger partial charge on any atom is 0.0863 e. The van der Waals surface area contributed by atoms with Crippen molar-refractivity contribution in [3.63, 3.8) is 0 Å². The molecule has 1 aromatic heterocycles. The molecule has 0 saturated heterocycles. The molecule has 0 amide bonds. The lowest BCUT2D eigenvalue weighted by Gasteiger charge is -2.15. The maximum absolute atomic E-state index is 6.41. The van der Waals surface area contributed by atoms with Crippen molar-refractivity contribution in [3.8, 4) is 0 Å². The number of aryl methyl sites for hydroxylation is 2. The molecule has 0 unspecified atom stereocenters. The number of nitrogens with zero attached hydrogens (tertiary/aromatic N) is 2. The third-order valence-electron chi connectivity index (χ3n) is 4.22. The van der Waals surface area contributed by atoms with Gasteiger partial charge in [0.05, 0.1) is 16.4 Å². The van der Waals surface area contributed by atoms with E-state index in [1.807, 2.05) is 4.68 Å². The second-order valence-electron chi connectivity index (χ2n) is 5.73. The van der Waals surface area contributed by atoms with E-state index in [-0.39, 0.29) is 0 Å². The van der Waals surface area contributed by atoms with Crippen LogP contribution in [0, 0.1) is 5.41 Å². The fourth-order valence-electron chi connectivity index (χ4n) is 2.85. The summed E-state index contributed by atoms with van der Waals surface area (Å²) in [5, 5.41) is 9.01. The molecule has 0 radical (unpaired) electrons. The maximum atomic E-state index is 6.41. The summed E-state index contributed by atoms with van der Waals surface area (Å²) in [6, 6.07) is 0. The van der Waals surface area contributed by atoms with E-state index in [9.17, 15) is 0 Å². The summed E-state index contributed by atoms with van der Waals surface area (Å²) in [5.74, 6) is 0. The summed E-state index contributed by atoms with van der Waals surface area (Å²) in [6.45, 7) is 9.34. The van der Waals surface area contributed by atoms with Gasteiger partial charge in [0, 0.05) is 19.6 Å². The van der Waals surface area contributed by atoms with Crippen LogP contribution < -0.4 is 5.32 Å². The van der Waals surface area contributed by atoms with Crippen LogP contribution in [0.15, 0.2) is 0 Å². The van der Waals surface area contributed by atoms with Crippen LogP contribution in [-0.4, -0.2) is 16.3 Å². The zero-order chi connectivity index (χ0) is 13.9. The van der Waals surface area contributed by atoms with Crippen molar-refractivity contribution in [3.05, 3.63) is 16.4 Å². The lowest BCUT2D eigenvalue weighted by atomic mass is 10.0. The quantitative estimate of drug-likeness (QED) is 0.787. The average molecular weight is 284 g/mol. The van der Waals surface area contributed by atoms with Gasteiger partial charge in [-0.3, -0.25) is 4.68 Å². The predicted octanol–water partition coefficient (Wildman–Crippen LogP) is 3.79. The van der Waals surface area contributed by atoms with E-state index in [2.05, 4.69) is 31.2 Å². The molecule has 1 heterocycles. The zero-order valence-corrected chi connectivity index (χ0v) is 13.2. The highest BCUT2D eigenvalue weighted by molar-refractivity contribution is 6.31. The number of halogens is 1. The highest BCUT2D eigenvalue weighted by atomic mass is 35.5. The standard InChI is InChI=1S/C15H26ClN3/c1-4-7-15(8-9-15)11-17-10-13-14(16)12(5-2)18-19(13)6-3/h17H,4-11H2,1-3H3. The number of hydrogen-bond acceptors (Lipinski definition) is 2. The van der Waals surface area contributed by atoms with E-state index >= 15 is 0 Å². The van der Waals surface area contributed by atoms with Crippen LogP contribution in [0.3, 0.4) is 0 Å². The molecule has 0 spiro atoms. The first kappa shape index (κ1) is 14.9. The van der Waals surface area contributed by atoms with Gasteiger partial charge in [-0.15, -0.1) is 0 Å². The Bertz CT molecular complexity index is 421. The van der Waals surface area contributed by atoms with Crippen molar-refractivity contribution in [2.45, 2.75) is 66.0 Å². The summed E-state index contributed by atoms with van der Waals surface area (Å²) in [4.78, 5) is 0. The van der Waals surface area contributed by atoms with Crippen LogP contribution in [0.25, 0.3) is 0 Å². The van der Waals surface area contributed by atoms with Gasteiger partial charge in [0.1, 0.15) is 0 Å². The molecule has 1 aliphatic rings. The Morgan fingerprint density at radius 3 is 2.58 bits per heavy atom. The monoisotopic (exact) mass is 283 g/mol. The van der Waals surface area contributed by atoms with Crippen molar-refractivity contribution < 1.29 is 0 Å². The first-order valence-electron chi connectivity index (χ1n) is 7.60. The molecule has 19 heavy (non-hydrogen) atoms. The molecule has 1 aromatic rings. The Balaban J connectivity index is 1.94. The van der Waals surface area contributed by atoms with Gasteiger partial charge in [-0.05, 0) is 38.0 Å². The molecule has 4 heteroatoms. The van der Waals surface area contributed by atoms with E-state index in [1.54, 1.807) is 0 Å². The number of nitrogens with one attached hydrogen (secondary N) is 1. The largest absolute Gasteiger partial charge is 0.311 e. The van der Waals surface area contributed by atoms with Crippen LogP contribution in [0.5, 0.6) is 0 Å². The molecule has 1 saturated carbocycles. The summed E-state index contributed by atoms with van der Waals surface area (Å²) >= 11 is 6.41. The topological polar surface area (TPSA) is 29.9 Å². The summed E-state index contributed by atoms with van der Waals surface area (Å²) in [5.41, 5.74) is 2.76. The van der Waals surface area contributed by atoms with Crippen molar-refractivity contribution in [1.82, 2.24) is 15.1 Å². The molecular weight excluding hydrogens is 258 g/mol. The van der Waals surface area contributed by atoms with Crippen LogP contribution in [0.1, 0.15) is 57.8 Å². The second kappa shape index (κ2) is 6.27. The SMILES string of the molecule is CCCC1(CNCc2c(Cl)c(CC)nn2CC)CC1. The summed E-state index contributed by atoms with van der Waals surface area (Å²) in [7, 11) is 0. The molecular formula is C15H26ClN3. The molecule has 0 aromatic carbocycles. The minimum atomic E-state index is 0.589. The van der Waals surface area contributed by atoms with Crippen LogP contribution in [-0.2, 0) is 19.5 Å². The average Bonchev–Trinajstić information content (AvgIpc) is 3.10. The van der Waals surface area contributed by atoms with Gasteiger partial charge in [-0.2, -0.15) is 5.10 Å². The molecule has 1 aliphatic carbocycles. The Hall–Kier alpha value is -0.540. The Morgan fingerprint density at radius 1 is 1.32 bits per heavy atom. The predicted molar refractivity (Wildman–Crippen MR) is 80.6 cm³/mol. The van der Waals surface area contributed by atoms with Crippen molar-refractivity contribution in [2.75, 3.05) is 6.54 Å². The highest BCUT2D eigenvalue weighted by Crippen LogP contribution is 2.48. The summed E-state index contributed by atoms with van der Waals surface area (Å²) in [6.07, 6.45) is 6.30. The van der Waals surface area contributed by atoms with Gasteiger partial charge in [0.15, 0.2) is 0 Å². The van der Waals surface area contributed by atoms with Gasteiger partial charge in [0.25, 0.3) is 0 Å². The molecule has 0 atom stereocenters. The Labute approximate surface area is 121 Å².